The normalized spacial score (nSPS) is 16.8. The molecule has 10 heavy (non-hydrogen) atoms. The third kappa shape index (κ3) is 4.29. The van der Waals surface area contributed by atoms with E-state index in [1.54, 1.807) is 0 Å². The van der Waals surface area contributed by atoms with Crippen LogP contribution >= 0.6 is 15.9 Å². The minimum absolute atomic E-state index is 0.0949. The summed E-state index contributed by atoms with van der Waals surface area (Å²) < 4.78 is 0. The number of aliphatic hydroxyl groups is 1. The molecule has 0 aromatic rings. The third-order valence-electron chi connectivity index (χ3n) is 1.93. The maximum absolute atomic E-state index is 9.43. The summed E-state index contributed by atoms with van der Waals surface area (Å²) >= 11 is 3.34. The van der Waals surface area contributed by atoms with Crippen LogP contribution in [0.2, 0.25) is 0 Å². The van der Waals surface area contributed by atoms with Gasteiger partial charge >= 0.3 is 0 Å². The fourth-order valence-corrected chi connectivity index (χ4v) is 1.17. The molecule has 0 fully saturated rings. The summed E-state index contributed by atoms with van der Waals surface area (Å²) in [6, 6.07) is 0. The number of hydrogen-bond donors (Lipinski definition) is 1. The van der Waals surface area contributed by atoms with Crippen LogP contribution in [0, 0.1) is 5.92 Å². The highest BCUT2D eigenvalue weighted by molar-refractivity contribution is 9.09. The van der Waals surface area contributed by atoms with Crippen molar-refractivity contribution in [2.45, 2.75) is 39.2 Å². The number of hydrogen-bond acceptors (Lipinski definition) is 1. The molecule has 2 atom stereocenters. The first kappa shape index (κ1) is 10.4. The minimum Gasteiger partial charge on any atom is -0.393 e. The van der Waals surface area contributed by atoms with E-state index in [9.17, 15) is 5.11 Å². The molecule has 1 N–H and O–H groups in total. The quantitative estimate of drug-likeness (QED) is 0.690. The molecule has 0 rings (SSSR count). The molecule has 62 valence electrons. The Balaban J connectivity index is 3.31. The van der Waals surface area contributed by atoms with Gasteiger partial charge in [0.2, 0.25) is 0 Å². The summed E-state index contributed by atoms with van der Waals surface area (Å²) in [5, 5.41) is 10.4. The van der Waals surface area contributed by atoms with Crippen LogP contribution in [0.25, 0.3) is 0 Å². The smallest absolute Gasteiger partial charge is 0.0566 e. The molecule has 1 nitrogen and oxygen atoms in total. The van der Waals surface area contributed by atoms with Gasteiger partial charge in [-0.2, -0.15) is 0 Å². The lowest BCUT2D eigenvalue weighted by Crippen LogP contribution is -2.16. The molecule has 0 saturated heterocycles. The Morgan fingerprint density at radius 1 is 1.50 bits per heavy atom. The van der Waals surface area contributed by atoms with Crippen molar-refractivity contribution in [3.05, 3.63) is 0 Å². The lowest BCUT2D eigenvalue weighted by molar-refractivity contribution is 0.105. The molecule has 2 heteroatoms. The first-order chi connectivity index (χ1) is 4.72. The minimum atomic E-state index is -0.0949. The largest absolute Gasteiger partial charge is 0.393 e. The van der Waals surface area contributed by atoms with E-state index in [1.807, 2.05) is 0 Å². The zero-order chi connectivity index (χ0) is 7.98. The number of alkyl halides is 1. The first-order valence-electron chi connectivity index (χ1n) is 3.96. The van der Waals surface area contributed by atoms with Crippen molar-refractivity contribution in [3.63, 3.8) is 0 Å². The second-order valence-corrected chi connectivity index (χ2v) is 3.58. The fourth-order valence-electron chi connectivity index (χ4n) is 0.843. The SMILES string of the molecule is CCC(C)C(O)CCCBr. The van der Waals surface area contributed by atoms with Gasteiger partial charge in [0.15, 0.2) is 0 Å². The van der Waals surface area contributed by atoms with Crippen LogP contribution in [-0.4, -0.2) is 16.5 Å². The molecule has 0 bridgehead atoms. The van der Waals surface area contributed by atoms with Gasteiger partial charge < -0.3 is 5.11 Å². The Bertz CT molecular complexity index is 75.7. The van der Waals surface area contributed by atoms with Gasteiger partial charge in [-0.1, -0.05) is 36.2 Å². The molecule has 0 aromatic heterocycles. The first-order valence-corrected chi connectivity index (χ1v) is 5.08. The van der Waals surface area contributed by atoms with E-state index >= 15 is 0 Å². The predicted molar refractivity (Wildman–Crippen MR) is 48.5 cm³/mol. The molecule has 0 amide bonds. The van der Waals surface area contributed by atoms with Crippen molar-refractivity contribution >= 4 is 15.9 Å². The van der Waals surface area contributed by atoms with Crippen molar-refractivity contribution in [2.24, 2.45) is 5.92 Å². The molecule has 0 aliphatic rings. The number of halogens is 1. The Morgan fingerprint density at radius 3 is 2.50 bits per heavy atom. The van der Waals surface area contributed by atoms with Crippen molar-refractivity contribution < 1.29 is 5.11 Å². The van der Waals surface area contributed by atoms with Crippen LogP contribution < -0.4 is 0 Å². The molecule has 0 aromatic carbocycles. The van der Waals surface area contributed by atoms with E-state index < -0.39 is 0 Å². The molecule has 0 saturated carbocycles. The second kappa shape index (κ2) is 6.17. The van der Waals surface area contributed by atoms with Crippen LogP contribution in [-0.2, 0) is 0 Å². The average molecular weight is 209 g/mol. The summed E-state index contributed by atoms with van der Waals surface area (Å²) in [5.74, 6) is 0.457. The van der Waals surface area contributed by atoms with Crippen LogP contribution in [0.5, 0.6) is 0 Å². The van der Waals surface area contributed by atoms with Crippen LogP contribution in [0.1, 0.15) is 33.1 Å². The van der Waals surface area contributed by atoms with Crippen LogP contribution in [0.15, 0.2) is 0 Å². The molecule has 0 aliphatic heterocycles. The van der Waals surface area contributed by atoms with E-state index in [0.717, 1.165) is 24.6 Å². The van der Waals surface area contributed by atoms with E-state index in [-0.39, 0.29) is 6.10 Å². The monoisotopic (exact) mass is 208 g/mol. The number of aliphatic hydroxyl groups excluding tert-OH is 1. The van der Waals surface area contributed by atoms with Gasteiger partial charge in [-0.3, -0.25) is 0 Å². The molecular formula is C8H17BrO. The summed E-state index contributed by atoms with van der Waals surface area (Å²) in [7, 11) is 0. The second-order valence-electron chi connectivity index (χ2n) is 2.78. The highest BCUT2D eigenvalue weighted by Gasteiger charge is 2.10. The summed E-state index contributed by atoms with van der Waals surface area (Å²) in [4.78, 5) is 0. The molecule has 0 radical (unpaired) electrons. The summed E-state index contributed by atoms with van der Waals surface area (Å²) in [5.41, 5.74) is 0. The zero-order valence-corrected chi connectivity index (χ0v) is 8.39. The van der Waals surface area contributed by atoms with Gasteiger partial charge in [0.1, 0.15) is 0 Å². The lowest BCUT2D eigenvalue weighted by Gasteiger charge is -2.15. The molecule has 0 aliphatic carbocycles. The summed E-state index contributed by atoms with van der Waals surface area (Å²) in [6.07, 6.45) is 2.98. The Morgan fingerprint density at radius 2 is 2.10 bits per heavy atom. The van der Waals surface area contributed by atoms with Crippen molar-refractivity contribution in [1.82, 2.24) is 0 Å². The van der Waals surface area contributed by atoms with E-state index in [2.05, 4.69) is 29.8 Å². The highest BCUT2D eigenvalue weighted by atomic mass is 79.9. The zero-order valence-electron chi connectivity index (χ0n) is 6.81. The Hall–Kier alpha value is 0.440. The third-order valence-corrected chi connectivity index (χ3v) is 2.50. The lowest BCUT2D eigenvalue weighted by atomic mass is 9.98. The van der Waals surface area contributed by atoms with Crippen molar-refractivity contribution in [1.29, 1.82) is 0 Å². The maximum Gasteiger partial charge on any atom is 0.0566 e. The van der Waals surface area contributed by atoms with Gasteiger partial charge in [0, 0.05) is 5.33 Å². The molecule has 2 unspecified atom stereocenters. The van der Waals surface area contributed by atoms with Crippen LogP contribution in [0.4, 0.5) is 0 Å². The molecule has 0 spiro atoms. The Labute approximate surface area is 72.0 Å². The maximum atomic E-state index is 9.43. The van der Waals surface area contributed by atoms with Gasteiger partial charge in [-0.25, -0.2) is 0 Å². The predicted octanol–water partition coefficient (Wildman–Crippen LogP) is 2.57. The summed E-state index contributed by atoms with van der Waals surface area (Å²) in [6.45, 7) is 4.21. The van der Waals surface area contributed by atoms with Crippen LogP contribution in [0.3, 0.4) is 0 Å². The van der Waals surface area contributed by atoms with Gasteiger partial charge in [0.25, 0.3) is 0 Å². The highest BCUT2D eigenvalue weighted by Crippen LogP contribution is 2.12. The number of rotatable bonds is 5. The Kier molecular flexibility index (Phi) is 6.44. The van der Waals surface area contributed by atoms with Gasteiger partial charge in [-0.05, 0) is 18.8 Å². The van der Waals surface area contributed by atoms with Gasteiger partial charge in [-0.15, -0.1) is 0 Å². The van der Waals surface area contributed by atoms with Gasteiger partial charge in [0.05, 0.1) is 6.10 Å². The van der Waals surface area contributed by atoms with E-state index in [4.69, 9.17) is 0 Å². The molecular weight excluding hydrogens is 192 g/mol. The van der Waals surface area contributed by atoms with Crippen molar-refractivity contribution in [3.8, 4) is 0 Å². The average Bonchev–Trinajstić information content (AvgIpc) is 1.98. The van der Waals surface area contributed by atoms with E-state index in [1.165, 1.54) is 0 Å². The van der Waals surface area contributed by atoms with Crippen molar-refractivity contribution in [2.75, 3.05) is 5.33 Å². The topological polar surface area (TPSA) is 20.2 Å². The fraction of sp³-hybridized carbons (Fsp3) is 1.00. The van der Waals surface area contributed by atoms with E-state index in [0.29, 0.717) is 5.92 Å². The standard InChI is InChI=1S/C8H17BrO/c1-3-7(2)8(10)5-4-6-9/h7-8,10H,3-6H2,1-2H3. The molecule has 0 heterocycles.